The Hall–Kier alpha value is -1.33. The molecule has 0 bridgehead atoms. The average molecular weight is 615 g/mol. The fourth-order valence-electron chi connectivity index (χ4n) is 7.07. The molecule has 3 heteroatoms. The number of hydrogen-bond acceptors (Lipinski definition) is 1. The Morgan fingerprint density at radius 1 is 1.16 bits per heavy atom. The zero-order chi connectivity index (χ0) is 27.0. The molecule has 4 aliphatic rings. The minimum absolute atomic E-state index is 0.0653. The van der Waals surface area contributed by atoms with Crippen molar-refractivity contribution in [3.63, 3.8) is 0 Å². The van der Waals surface area contributed by atoms with Crippen LogP contribution in [0.4, 0.5) is 0 Å². The first-order chi connectivity index (χ1) is 17.4. The van der Waals surface area contributed by atoms with Gasteiger partial charge in [-0.1, -0.05) is 0 Å². The molecule has 204 valence electrons. The number of nitrogens with two attached hydrogens (primary N) is 1. The minimum atomic E-state index is -0.0653. The Morgan fingerprint density at radius 2 is 1.89 bits per heavy atom. The Bertz CT molecular complexity index is 1090. The van der Waals surface area contributed by atoms with E-state index in [0.29, 0.717) is 21.3 Å². The Balaban J connectivity index is 1.71. The molecule has 0 fully saturated rings. The standard InChI is InChI=1S/C34H50IN2/c1-10-36-30(33(6,7)27-17-13-12-16-24(27)3)21-25-20-26(35-32(4,5)23-25)22-31-34(8,9)28-18-14-15-19-29(28)37(31)11-2/h12-13,15-17,19-22,24,27,30,36H,10-11,14,18,23H2,1-9H3/q-1/p+1. The van der Waals surface area contributed by atoms with Crippen molar-refractivity contribution in [2.24, 2.45) is 22.7 Å². The molecule has 4 rings (SSSR count). The molecule has 0 aromatic rings. The number of likely N-dealkylation sites (N-methyl/N-ethyl adjacent to an activating group) is 2. The van der Waals surface area contributed by atoms with Gasteiger partial charge in [0, 0.05) is 0 Å². The first kappa shape index (κ1) is 28.7. The average Bonchev–Trinajstić information content (AvgIpc) is 3.04. The molecule has 0 amide bonds. The van der Waals surface area contributed by atoms with Crippen LogP contribution < -0.4 is 26.5 Å². The van der Waals surface area contributed by atoms with Crippen LogP contribution >= 0.6 is 0 Å². The summed E-state index contributed by atoms with van der Waals surface area (Å²) in [7, 11) is 0. The quantitative estimate of drug-likeness (QED) is 0.336. The van der Waals surface area contributed by atoms with Crippen molar-refractivity contribution in [1.82, 2.24) is 4.90 Å². The molecule has 0 spiro atoms. The molecule has 3 atom stereocenters. The molecule has 2 heterocycles. The van der Waals surface area contributed by atoms with Crippen LogP contribution in [0, 0.1) is 22.7 Å². The van der Waals surface area contributed by atoms with Gasteiger partial charge in [0.25, 0.3) is 0 Å². The van der Waals surface area contributed by atoms with Crippen molar-refractivity contribution in [3.8, 4) is 0 Å². The van der Waals surface area contributed by atoms with Crippen molar-refractivity contribution < 1.29 is 26.5 Å². The van der Waals surface area contributed by atoms with Crippen molar-refractivity contribution in [2.45, 2.75) is 91.0 Å². The van der Waals surface area contributed by atoms with E-state index in [9.17, 15) is 0 Å². The molecule has 3 unspecified atom stereocenters. The van der Waals surface area contributed by atoms with Crippen LogP contribution in [0.2, 0.25) is 0 Å². The number of halogens is 1. The number of nitrogens with zero attached hydrogens (tertiary/aromatic N) is 1. The van der Waals surface area contributed by atoms with Crippen LogP contribution in [0.1, 0.15) is 81.6 Å². The summed E-state index contributed by atoms with van der Waals surface area (Å²) in [5.41, 5.74) is 6.45. The SMILES string of the molecule is CC[NH2+]C(C=C1C=C(C=C2N(CC)C3=C(CCC=C3)C2(C)C)[I-]C(C)(C)C1)C(C)(C)C1C=CC=CC1C. The topological polar surface area (TPSA) is 19.9 Å². The molecule has 0 aromatic carbocycles. The van der Waals surface area contributed by atoms with E-state index < -0.39 is 0 Å². The van der Waals surface area contributed by atoms with Crippen molar-refractivity contribution >= 4 is 0 Å². The summed E-state index contributed by atoms with van der Waals surface area (Å²) >= 11 is -0.0653. The predicted octanol–water partition coefficient (Wildman–Crippen LogP) is 4.27. The van der Waals surface area contributed by atoms with Crippen LogP contribution in [0.5, 0.6) is 0 Å². The molecule has 2 N–H and O–H groups in total. The van der Waals surface area contributed by atoms with E-state index in [2.05, 4.69) is 127 Å². The van der Waals surface area contributed by atoms with E-state index in [4.69, 9.17) is 0 Å². The van der Waals surface area contributed by atoms with Gasteiger partial charge in [-0.25, -0.2) is 0 Å². The van der Waals surface area contributed by atoms with Gasteiger partial charge in [-0.15, -0.1) is 0 Å². The second-order valence-corrected chi connectivity index (χ2v) is 17.8. The van der Waals surface area contributed by atoms with Gasteiger partial charge >= 0.3 is 239 Å². The molecular formula is C34H51IN2. The molecule has 0 saturated heterocycles. The third-order valence-corrected chi connectivity index (χ3v) is 12.1. The van der Waals surface area contributed by atoms with Gasteiger partial charge in [-0.2, -0.15) is 0 Å². The fourth-order valence-corrected chi connectivity index (χ4v) is 10.4. The number of alkyl halides is 1. The summed E-state index contributed by atoms with van der Waals surface area (Å²) in [5.74, 6) is 1.13. The van der Waals surface area contributed by atoms with E-state index >= 15 is 0 Å². The monoisotopic (exact) mass is 614 g/mol. The van der Waals surface area contributed by atoms with E-state index in [1.165, 1.54) is 30.7 Å². The second kappa shape index (κ2) is 11.0. The van der Waals surface area contributed by atoms with Gasteiger partial charge in [0.05, 0.1) is 0 Å². The molecule has 2 nitrogen and oxygen atoms in total. The van der Waals surface area contributed by atoms with Crippen molar-refractivity contribution in [3.05, 3.63) is 80.8 Å². The predicted molar refractivity (Wildman–Crippen MR) is 155 cm³/mol. The fraction of sp³-hybridized carbons (Fsp3) is 0.588. The first-order valence-electron chi connectivity index (χ1n) is 14.6. The van der Waals surface area contributed by atoms with Crippen LogP contribution in [0.25, 0.3) is 0 Å². The van der Waals surface area contributed by atoms with Crippen LogP contribution in [-0.2, 0) is 0 Å². The number of hydrogen-bond donors (Lipinski definition) is 1. The van der Waals surface area contributed by atoms with E-state index in [-0.39, 0.29) is 32.0 Å². The van der Waals surface area contributed by atoms with E-state index in [1.807, 2.05) is 0 Å². The van der Waals surface area contributed by atoms with Gasteiger partial charge in [0.15, 0.2) is 0 Å². The van der Waals surface area contributed by atoms with Gasteiger partial charge < -0.3 is 0 Å². The summed E-state index contributed by atoms with van der Waals surface area (Å²) in [5, 5.41) is 2.57. The van der Waals surface area contributed by atoms with Crippen LogP contribution in [0.15, 0.2) is 80.8 Å². The van der Waals surface area contributed by atoms with Crippen molar-refractivity contribution in [1.29, 1.82) is 0 Å². The molecular weight excluding hydrogens is 563 g/mol. The Labute approximate surface area is 238 Å². The molecule has 0 aromatic heterocycles. The van der Waals surface area contributed by atoms with Crippen LogP contribution in [-0.4, -0.2) is 27.5 Å². The molecule has 0 radical (unpaired) electrons. The summed E-state index contributed by atoms with van der Waals surface area (Å²) in [6, 6.07) is 0.461. The van der Waals surface area contributed by atoms with Crippen molar-refractivity contribution in [2.75, 3.05) is 13.1 Å². The molecule has 37 heavy (non-hydrogen) atoms. The first-order valence-corrected chi connectivity index (χ1v) is 16.7. The van der Waals surface area contributed by atoms with Crippen LogP contribution in [0.3, 0.4) is 0 Å². The van der Waals surface area contributed by atoms with E-state index in [0.717, 1.165) is 13.1 Å². The normalized spacial score (nSPS) is 30.0. The van der Waals surface area contributed by atoms with Gasteiger partial charge in [0.2, 0.25) is 0 Å². The summed E-state index contributed by atoms with van der Waals surface area (Å²) < 4.78 is 1.98. The molecule has 2 aliphatic carbocycles. The third-order valence-electron chi connectivity index (χ3n) is 9.04. The summed E-state index contributed by atoms with van der Waals surface area (Å²) in [6.45, 7) is 24.0. The van der Waals surface area contributed by atoms with Gasteiger partial charge in [-0.05, 0) is 0 Å². The maximum absolute atomic E-state index is 2.65. The number of rotatable bonds is 7. The Kier molecular flexibility index (Phi) is 8.55. The number of quaternary nitrogens is 1. The maximum atomic E-state index is 2.65. The third kappa shape index (κ3) is 5.83. The zero-order valence-corrected chi connectivity index (χ0v) is 27.0. The molecule has 2 aliphatic heterocycles. The van der Waals surface area contributed by atoms with E-state index in [1.54, 1.807) is 14.7 Å². The zero-order valence-electron chi connectivity index (χ0n) is 24.9. The second-order valence-electron chi connectivity index (χ2n) is 13.1. The summed E-state index contributed by atoms with van der Waals surface area (Å²) in [6.07, 6.45) is 25.5. The van der Waals surface area contributed by atoms with Gasteiger partial charge in [0.1, 0.15) is 0 Å². The van der Waals surface area contributed by atoms with Gasteiger partial charge in [-0.3, -0.25) is 0 Å². The Morgan fingerprint density at radius 3 is 2.57 bits per heavy atom. The summed E-state index contributed by atoms with van der Waals surface area (Å²) in [4.78, 5) is 2.60. The molecule has 0 saturated carbocycles. The number of allylic oxidation sites excluding steroid dienone is 11.